The van der Waals surface area contributed by atoms with Crippen molar-refractivity contribution in [2.75, 3.05) is 17.3 Å². The average molecular weight is 295 g/mol. The van der Waals surface area contributed by atoms with Crippen molar-refractivity contribution in [1.29, 1.82) is 0 Å². The molecule has 8 nitrogen and oxygen atoms in total. The Morgan fingerprint density at radius 2 is 2.29 bits per heavy atom. The number of anilines is 2. The molecule has 0 spiro atoms. The van der Waals surface area contributed by atoms with Crippen LogP contribution in [0.5, 0.6) is 0 Å². The SMILES string of the molecule is CC1CCCC(CO)(Nc2cc([N+](=O)[O-])cc(NN)n2)C1. The van der Waals surface area contributed by atoms with Crippen molar-refractivity contribution in [3.8, 4) is 0 Å². The molecule has 8 heteroatoms. The molecule has 0 saturated heterocycles. The molecule has 1 aromatic rings. The van der Waals surface area contributed by atoms with Crippen LogP contribution in [0.1, 0.15) is 32.6 Å². The summed E-state index contributed by atoms with van der Waals surface area (Å²) in [4.78, 5) is 14.6. The number of hydrogen-bond acceptors (Lipinski definition) is 7. The van der Waals surface area contributed by atoms with Crippen LogP contribution in [0.2, 0.25) is 0 Å². The highest BCUT2D eigenvalue weighted by Crippen LogP contribution is 2.35. The number of rotatable bonds is 5. The predicted octanol–water partition coefficient (Wildman–Crippen LogP) is 1.63. The van der Waals surface area contributed by atoms with Crippen molar-refractivity contribution in [1.82, 2.24) is 4.98 Å². The van der Waals surface area contributed by atoms with Crippen LogP contribution in [0.4, 0.5) is 17.3 Å². The van der Waals surface area contributed by atoms with Crippen molar-refractivity contribution < 1.29 is 10.0 Å². The van der Waals surface area contributed by atoms with E-state index in [1.165, 1.54) is 12.1 Å². The smallest absolute Gasteiger partial charge is 0.276 e. The Hall–Kier alpha value is -1.93. The number of aliphatic hydroxyl groups is 1. The quantitative estimate of drug-likeness (QED) is 0.369. The maximum Gasteiger partial charge on any atom is 0.276 e. The number of pyridine rings is 1. The third-order valence-electron chi connectivity index (χ3n) is 3.96. The maximum atomic E-state index is 10.9. The predicted molar refractivity (Wildman–Crippen MR) is 79.8 cm³/mol. The van der Waals surface area contributed by atoms with E-state index in [-0.39, 0.29) is 18.1 Å². The van der Waals surface area contributed by atoms with Crippen LogP contribution in [0.3, 0.4) is 0 Å². The van der Waals surface area contributed by atoms with Crippen LogP contribution >= 0.6 is 0 Å². The Morgan fingerprint density at radius 3 is 2.86 bits per heavy atom. The summed E-state index contributed by atoms with van der Waals surface area (Å²) in [7, 11) is 0. The highest BCUT2D eigenvalue weighted by molar-refractivity contribution is 5.55. The van der Waals surface area contributed by atoms with Crippen molar-refractivity contribution in [3.05, 3.63) is 22.2 Å². The third-order valence-corrected chi connectivity index (χ3v) is 3.96. The van der Waals surface area contributed by atoms with E-state index in [0.29, 0.717) is 11.7 Å². The first kappa shape index (κ1) is 15.5. The fourth-order valence-electron chi connectivity index (χ4n) is 2.99. The molecule has 116 valence electrons. The molecule has 1 heterocycles. The molecule has 1 fully saturated rings. The molecule has 0 aliphatic heterocycles. The fraction of sp³-hybridized carbons (Fsp3) is 0.615. The second kappa shape index (κ2) is 6.23. The van der Waals surface area contributed by atoms with Gasteiger partial charge in [-0.3, -0.25) is 10.1 Å². The number of nitrogens with zero attached hydrogens (tertiary/aromatic N) is 2. The highest BCUT2D eigenvalue weighted by atomic mass is 16.6. The van der Waals surface area contributed by atoms with E-state index in [2.05, 4.69) is 22.7 Å². The molecular weight excluding hydrogens is 274 g/mol. The van der Waals surface area contributed by atoms with E-state index in [1.54, 1.807) is 0 Å². The maximum absolute atomic E-state index is 10.9. The van der Waals surface area contributed by atoms with Crippen molar-refractivity contribution in [2.24, 2.45) is 11.8 Å². The Balaban J connectivity index is 2.28. The summed E-state index contributed by atoms with van der Waals surface area (Å²) in [6, 6.07) is 2.62. The number of hydrogen-bond donors (Lipinski definition) is 4. The van der Waals surface area contributed by atoms with Gasteiger partial charge in [-0.1, -0.05) is 19.8 Å². The molecule has 0 radical (unpaired) electrons. The summed E-state index contributed by atoms with van der Waals surface area (Å²) < 4.78 is 0. The third kappa shape index (κ3) is 3.59. The molecule has 2 rings (SSSR count). The topological polar surface area (TPSA) is 126 Å². The van der Waals surface area contributed by atoms with E-state index < -0.39 is 10.5 Å². The second-order valence-corrected chi connectivity index (χ2v) is 5.76. The zero-order valence-electron chi connectivity index (χ0n) is 12.0. The lowest BCUT2D eigenvalue weighted by Crippen LogP contribution is -2.46. The van der Waals surface area contributed by atoms with Gasteiger partial charge in [0.25, 0.3) is 5.69 Å². The molecule has 0 amide bonds. The Morgan fingerprint density at radius 1 is 1.57 bits per heavy atom. The van der Waals surface area contributed by atoms with Gasteiger partial charge in [0.15, 0.2) is 0 Å². The van der Waals surface area contributed by atoms with Crippen LogP contribution in [0.15, 0.2) is 12.1 Å². The first-order chi connectivity index (χ1) is 9.98. The summed E-state index contributed by atoms with van der Waals surface area (Å²) in [6.45, 7) is 2.10. The van der Waals surface area contributed by atoms with E-state index in [0.717, 1.165) is 25.7 Å². The first-order valence-electron chi connectivity index (χ1n) is 7.00. The lowest BCUT2D eigenvalue weighted by Gasteiger charge is -2.39. The molecular formula is C13H21N5O3. The second-order valence-electron chi connectivity index (χ2n) is 5.76. The van der Waals surface area contributed by atoms with Gasteiger partial charge in [-0.25, -0.2) is 10.8 Å². The minimum atomic E-state index is -0.497. The van der Waals surface area contributed by atoms with Gasteiger partial charge in [0.1, 0.15) is 11.6 Å². The molecule has 0 aromatic carbocycles. The number of hydrazine groups is 1. The number of nitrogens with one attached hydrogen (secondary N) is 2. The minimum Gasteiger partial charge on any atom is -0.394 e. The van der Waals surface area contributed by atoms with Crippen LogP contribution in [0, 0.1) is 16.0 Å². The van der Waals surface area contributed by atoms with Gasteiger partial charge < -0.3 is 15.8 Å². The van der Waals surface area contributed by atoms with Gasteiger partial charge in [-0.05, 0) is 18.8 Å². The van der Waals surface area contributed by atoms with Gasteiger partial charge in [-0.15, -0.1) is 0 Å². The molecule has 2 atom stereocenters. The summed E-state index contributed by atoms with van der Waals surface area (Å²) >= 11 is 0. The molecule has 5 N–H and O–H groups in total. The monoisotopic (exact) mass is 295 g/mol. The van der Waals surface area contributed by atoms with Gasteiger partial charge in [0.2, 0.25) is 0 Å². The van der Waals surface area contributed by atoms with E-state index in [4.69, 9.17) is 5.84 Å². The van der Waals surface area contributed by atoms with Gasteiger partial charge in [0.05, 0.1) is 29.2 Å². The summed E-state index contributed by atoms with van der Waals surface area (Å²) in [5.74, 6) is 6.35. The first-order valence-corrected chi connectivity index (χ1v) is 7.00. The zero-order chi connectivity index (χ0) is 15.5. The molecule has 1 saturated carbocycles. The van der Waals surface area contributed by atoms with E-state index >= 15 is 0 Å². The molecule has 1 aliphatic carbocycles. The number of nitro groups is 1. The van der Waals surface area contributed by atoms with Crippen LogP contribution in [-0.4, -0.2) is 27.2 Å². The molecule has 2 unspecified atom stereocenters. The van der Waals surface area contributed by atoms with Gasteiger partial charge in [0, 0.05) is 0 Å². The zero-order valence-corrected chi connectivity index (χ0v) is 12.0. The average Bonchev–Trinajstić information content (AvgIpc) is 2.46. The van der Waals surface area contributed by atoms with Gasteiger partial charge in [-0.2, -0.15) is 0 Å². The summed E-state index contributed by atoms with van der Waals surface area (Å²) in [5, 5.41) is 23.9. The number of aliphatic hydroxyl groups excluding tert-OH is 1. The number of nitrogens with two attached hydrogens (primary N) is 1. The number of aromatic nitrogens is 1. The molecule has 0 bridgehead atoms. The highest BCUT2D eigenvalue weighted by Gasteiger charge is 2.35. The molecule has 1 aliphatic rings. The lowest BCUT2D eigenvalue weighted by atomic mass is 9.77. The number of nitrogen functional groups attached to an aromatic ring is 1. The normalized spacial score (nSPS) is 25.4. The summed E-state index contributed by atoms with van der Waals surface area (Å²) in [6.07, 6.45) is 3.75. The van der Waals surface area contributed by atoms with E-state index in [9.17, 15) is 15.2 Å². The minimum absolute atomic E-state index is 0.0346. The van der Waals surface area contributed by atoms with Crippen LogP contribution in [-0.2, 0) is 0 Å². The summed E-state index contributed by atoms with van der Waals surface area (Å²) in [5.41, 5.74) is 1.74. The largest absolute Gasteiger partial charge is 0.394 e. The molecule has 21 heavy (non-hydrogen) atoms. The van der Waals surface area contributed by atoms with Gasteiger partial charge >= 0.3 is 0 Å². The van der Waals surface area contributed by atoms with Crippen molar-refractivity contribution in [2.45, 2.75) is 38.1 Å². The fourth-order valence-corrected chi connectivity index (χ4v) is 2.99. The Labute approximate surface area is 122 Å². The lowest BCUT2D eigenvalue weighted by molar-refractivity contribution is -0.384. The van der Waals surface area contributed by atoms with Crippen molar-refractivity contribution >= 4 is 17.3 Å². The van der Waals surface area contributed by atoms with Crippen LogP contribution < -0.4 is 16.6 Å². The van der Waals surface area contributed by atoms with Crippen molar-refractivity contribution in [3.63, 3.8) is 0 Å². The standard InChI is InChI=1S/C13H21N5O3/c1-9-3-2-4-13(7-9,8-19)16-11-5-10(18(20)21)6-12(15-11)17-14/h5-6,9,19H,2-4,7-8,14H2,1H3,(H2,15,16,17). The Bertz CT molecular complexity index is 525. The molecule has 1 aromatic heterocycles. The Kier molecular flexibility index (Phi) is 4.59. The van der Waals surface area contributed by atoms with E-state index in [1.807, 2.05) is 0 Å². The van der Waals surface area contributed by atoms with Crippen LogP contribution in [0.25, 0.3) is 0 Å².